The molecule has 0 radical (unpaired) electrons. The predicted octanol–water partition coefficient (Wildman–Crippen LogP) is 4.90. The molecular formula is C24H24ClFN4OS2. The molecule has 1 unspecified atom stereocenters. The first kappa shape index (κ1) is 22.8. The lowest BCUT2D eigenvalue weighted by Crippen LogP contribution is -2.51. The molecule has 3 aromatic rings. The largest absolute Gasteiger partial charge is 0.334 e. The van der Waals surface area contributed by atoms with Crippen molar-refractivity contribution in [3.05, 3.63) is 69.5 Å². The fourth-order valence-electron chi connectivity index (χ4n) is 4.14. The molecule has 1 atom stereocenters. The van der Waals surface area contributed by atoms with Crippen molar-refractivity contribution in [1.82, 2.24) is 19.1 Å². The van der Waals surface area contributed by atoms with Crippen LogP contribution in [0.25, 0.3) is 10.2 Å². The van der Waals surface area contributed by atoms with Gasteiger partial charge in [-0.15, -0.1) is 11.3 Å². The van der Waals surface area contributed by atoms with E-state index in [1.54, 1.807) is 35.4 Å². The zero-order chi connectivity index (χ0) is 23.1. The SMILES string of the molecule is CN(C)CC(C(=O)N1CC(=C2CN(Sc3ccc4ncsc4c3)C2)C1)c1ccc(F)c(Cl)c1. The first-order chi connectivity index (χ1) is 15.9. The molecule has 0 N–H and O–H groups in total. The second-order valence-electron chi connectivity index (χ2n) is 8.76. The van der Waals surface area contributed by atoms with E-state index < -0.39 is 5.82 Å². The molecule has 1 amide bonds. The van der Waals surface area contributed by atoms with Gasteiger partial charge in [-0.05, 0) is 73.1 Å². The maximum atomic E-state index is 13.6. The molecule has 0 aliphatic carbocycles. The van der Waals surface area contributed by atoms with Crippen molar-refractivity contribution >= 4 is 51.0 Å². The molecule has 0 saturated carbocycles. The summed E-state index contributed by atoms with van der Waals surface area (Å²) in [4.78, 5) is 22.7. The Morgan fingerprint density at radius 2 is 1.94 bits per heavy atom. The van der Waals surface area contributed by atoms with Crippen LogP contribution in [0.3, 0.4) is 0 Å². The van der Waals surface area contributed by atoms with Gasteiger partial charge in [0.15, 0.2) is 0 Å². The van der Waals surface area contributed by atoms with E-state index in [1.165, 1.54) is 26.8 Å². The molecule has 2 aromatic carbocycles. The molecule has 2 aliphatic heterocycles. The molecule has 9 heteroatoms. The summed E-state index contributed by atoms with van der Waals surface area (Å²) in [5.41, 5.74) is 6.47. The van der Waals surface area contributed by atoms with E-state index in [4.69, 9.17) is 11.6 Å². The van der Waals surface area contributed by atoms with Gasteiger partial charge in [-0.25, -0.2) is 13.7 Å². The number of thiazole rings is 1. The van der Waals surface area contributed by atoms with Crippen LogP contribution in [0.5, 0.6) is 0 Å². The Balaban J connectivity index is 1.19. The number of benzene rings is 2. The lowest BCUT2D eigenvalue weighted by molar-refractivity contribution is -0.134. The monoisotopic (exact) mass is 502 g/mol. The van der Waals surface area contributed by atoms with Crippen molar-refractivity contribution in [2.75, 3.05) is 46.8 Å². The summed E-state index contributed by atoms with van der Waals surface area (Å²) in [7, 11) is 3.87. The molecule has 0 spiro atoms. The van der Waals surface area contributed by atoms with Crippen LogP contribution in [0.2, 0.25) is 5.02 Å². The zero-order valence-electron chi connectivity index (χ0n) is 18.4. The summed E-state index contributed by atoms with van der Waals surface area (Å²) in [5.74, 6) is -0.759. The Kier molecular flexibility index (Phi) is 6.46. The Bertz CT molecular complexity index is 1230. The van der Waals surface area contributed by atoms with E-state index in [-0.39, 0.29) is 16.8 Å². The molecule has 172 valence electrons. The van der Waals surface area contributed by atoms with E-state index in [0.29, 0.717) is 19.6 Å². The van der Waals surface area contributed by atoms with E-state index in [2.05, 4.69) is 27.5 Å². The van der Waals surface area contributed by atoms with Crippen LogP contribution < -0.4 is 0 Å². The van der Waals surface area contributed by atoms with E-state index in [0.717, 1.165) is 24.2 Å². The molecule has 2 saturated heterocycles. The van der Waals surface area contributed by atoms with Crippen LogP contribution >= 0.6 is 34.9 Å². The molecular weight excluding hydrogens is 479 g/mol. The first-order valence-corrected chi connectivity index (χ1v) is 12.7. The van der Waals surface area contributed by atoms with Crippen molar-refractivity contribution in [2.24, 2.45) is 0 Å². The van der Waals surface area contributed by atoms with Crippen molar-refractivity contribution in [3.63, 3.8) is 0 Å². The Labute approximate surface area is 206 Å². The highest BCUT2D eigenvalue weighted by Gasteiger charge is 2.36. The van der Waals surface area contributed by atoms with Crippen molar-refractivity contribution in [2.45, 2.75) is 10.8 Å². The number of rotatable bonds is 6. The highest BCUT2D eigenvalue weighted by Crippen LogP contribution is 2.36. The Hall–Kier alpha value is -1.97. The van der Waals surface area contributed by atoms with Crippen LogP contribution in [0.4, 0.5) is 4.39 Å². The summed E-state index contributed by atoms with van der Waals surface area (Å²) in [6.07, 6.45) is 0. The molecule has 2 fully saturated rings. The second kappa shape index (κ2) is 9.35. The number of carbonyl (C=O) groups excluding carboxylic acids is 1. The van der Waals surface area contributed by atoms with E-state index in [9.17, 15) is 9.18 Å². The summed E-state index contributed by atoms with van der Waals surface area (Å²) in [5, 5.41) is 0.0528. The van der Waals surface area contributed by atoms with Gasteiger partial charge in [0.05, 0.1) is 26.7 Å². The summed E-state index contributed by atoms with van der Waals surface area (Å²) in [6.45, 7) is 3.77. The lowest BCUT2D eigenvalue weighted by Gasteiger charge is -2.43. The van der Waals surface area contributed by atoms with Crippen LogP contribution in [0.1, 0.15) is 11.5 Å². The highest BCUT2D eigenvalue weighted by atomic mass is 35.5. The number of hydrogen-bond donors (Lipinski definition) is 0. The quantitative estimate of drug-likeness (QED) is 0.354. The topological polar surface area (TPSA) is 39.7 Å². The van der Waals surface area contributed by atoms with Gasteiger partial charge in [-0.1, -0.05) is 17.7 Å². The molecule has 1 aromatic heterocycles. The van der Waals surface area contributed by atoms with Crippen LogP contribution in [-0.4, -0.2) is 71.8 Å². The molecule has 5 nitrogen and oxygen atoms in total. The zero-order valence-corrected chi connectivity index (χ0v) is 20.8. The molecule has 0 bridgehead atoms. The number of halogens is 2. The fourth-order valence-corrected chi connectivity index (χ4v) is 6.16. The average molecular weight is 503 g/mol. The lowest BCUT2D eigenvalue weighted by atomic mass is 9.92. The number of hydrogen-bond acceptors (Lipinski definition) is 6. The number of amides is 1. The minimum atomic E-state index is -0.466. The van der Waals surface area contributed by atoms with Gasteiger partial charge >= 0.3 is 0 Å². The minimum Gasteiger partial charge on any atom is -0.334 e. The van der Waals surface area contributed by atoms with E-state index >= 15 is 0 Å². The van der Waals surface area contributed by atoms with Gasteiger partial charge in [-0.2, -0.15) is 0 Å². The summed E-state index contributed by atoms with van der Waals surface area (Å²) >= 11 is 9.42. The average Bonchev–Trinajstić information content (AvgIpc) is 3.18. The van der Waals surface area contributed by atoms with Crippen LogP contribution in [0, 0.1) is 5.82 Å². The van der Waals surface area contributed by atoms with Crippen molar-refractivity contribution in [1.29, 1.82) is 0 Å². The number of carbonyl (C=O) groups is 1. The number of nitrogens with zero attached hydrogens (tertiary/aromatic N) is 4. The van der Waals surface area contributed by atoms with Gasteiger partial charge in [0.25, 0.3) is 0 Å². The maximum absolute atomic E-state index is 13.6. The fraction of sp³-hybridized carbons (Fsp3) is 0.333. The molecule has 2 aliphatic rings. The molecule has 33 heavy (non-hydrogen) atoms. The standard InChI is InChI=1S/C24H24ClFN4OS2/c1-28(2)13-19(15-3-5-21(26)20(25)7-15)24(31)29-9-16(10-29)17-11-30(12-17)33-18-4-6-22-23(8-18)32-14-27-22/h3-8,14,19H,9-13H2,1-2H3. The van der Waals surface area contributed by atoms with Crippen LogP contribution in [0.15, 0.2) is 58.0 Å². The number of fused-ring (bicyclic) bond motifs is 1. The smallest absolute Gasteiger partial charge is 0.232 e. The Morgan fingerprint density at radius 1 is 1.18 bits per heavy atom. The number of aromatic nitrogens is 1. The van der Waals surface area contributed by atoms with Gasteiger partial charge < -0.3 is 9.80 Å². The molecule has 5 rings (SSSR count). The predicted molar refractivity (Wildman–Crippen MR) is 133 cm³/mol. The summed E-state index contributed by atoms with van der Waals surface area (Å²) in [6, 6.07) is 11.0. The number of likely N-dealkylation sites (tertiary alicyclic amines) is 1. The minimum absolute atomic E-state index is 0.0528. The second-order valence-corrected chi connectivity index (χ2v) is 11.2. The third-order valence-electron chi connectivity index (χ3n) is 6.04. The third kappa shape index (κ3) is 4.81. The maximum Gasteiger partial charge on any atom is 0.232 e. The first-order valence-electron chi connectivity index (χ1n) is 10.7. The van der Waals surface area contributed by atoms with Gasteiger partial charge in [0.1, 0.15) is 5.82 Å². The summed E-state index contributed by atoms with van der Waals surface area (Å²) < 4.78 is 17.2. The van der Waals surface area contributed by atoms with Crippen molar-refractivity contribution in [3.8, 4) is 0 Å². The van der Waals surface area contributed by atoms with Gasteiger partial charge in [0, 0.05) is 37.6 Å². The normalized spacial score (nSPS) is 17.4. The van der Waals surface area contributed by atoms with E-state index in [1.807, 2.05) is 29.4 Å². The van der Waals surface area contributed by atoms with Crippen LogP contribution in [-0.2, 0) is 4.79 Å². The number of likely N-dealkylation sites (N-methyl/N-ethyl adjacent to an activating group) is 1. The highest BCUT2D eigenvalue weighted by molar-refractivity contribution is 7.97. The van der Waals surface area contributed by atoms with Gasteiger partial charge in [-0.3, -0.25) is 4.79 Å². The molecule has 3 heterocycles. The Morgan fingerprint density at radius 3 is 2.67 bits per heavy atom. The third-order valence-corrected chi connectivity index (χ3v) is 8.10. The van der Waals surface area contributed by atoms with Gasteiger partial charge in [0.2, 0.25) is 5.91 Å². The van der Waals surface area contributed by atoms with Crippen molar-refractivity contribution < 1.29 is 9.18 Å².